The molecule has 6 nitrogen and oxygen atoms in total. The quantitative estimate of drug-likeness (QED) is 0.572. The lowest BCUT2D eigenvalue weighted by Crippen LogP contribution is -2.36. The van der Waals surface area contributed by atoms with Gasteiger partial charge in [0.1, 0.15) is 5.76 Å². The summed E-state index contributed by atoms with van der Waals surface area (Å²) in [6.45, 7) is 12.2. The normalized spacial score (nSPS) is 12.5. The zero-order chi connectivity index (χ0) is 19.9. The summed E-state index contributed by atoms with van der Waals surface area (Å²) in [6.07, 6.45) is 2.03. The maximum Gasteiger partial charge on any atom is 0.213 e. The summed E-state index contributed by atoms with van der Waals surface area (Å²) in [6, 6.07) is 8.39. The number of ether oxygens (including phenoxy) is 1. The van der Waals surface area contributed by atoms with Gasteiger partial charge in [-0.05, 0) is 25.0 Å². The number of aliphatic imine (C=N–C) groups is 1. The summed E-state index contributed by atoms with van der Waals surface area (Å²) in [5.74, 6) is 2.24. The molecule has 6 heteroatoms. The third kappa shape index (κ3) is 7.06. The summed E-state index contributed by atoms with van der Waals surface area (Å²) in [5, 5.41) is 6.53. The van der Waals surface area contributed by atoms with Crippen LogP contribution in [-0.4, -0.2) is 24.1 Å². The van der Waals surface area contributed by atoms with E-state index in [0.717, 1.165) is 5.76 Å². The van der Waals surface area contributed by atoms with Crippen LogP contribution in [0.25, 0.3) is 0 Å². The summed E-state index contributed by atoms with van der Waals surface area (Å²) < 4.78 is 11.4. The average molecular weight is 373 g/mol. The van der Waals surface area contributed by atoms with Gasteiger partial charge in [0, 0.05) is 19.0 Å². The van der Waals surface area contributed by atoms with Crippen molar-refractivity contribution in [3.05, 3.63) is 53.2 Å². The Bertz CT molecular complexity index is 727. The van der Waals surface area contributed by atoms with Gasteiger partial charge in [0.2, 0.25) is 5.89 Å². The van der Waals surface area contributed by atoms with E-state index in [1.807, 2.05) is 13.8 Å². The van der Waals surface area contributed by atoms with Gasteiger partial charge in [0.15, 0.2) is 5.96 Å². The molecule has 1 heterocycles. The molecule has 1 aromatic carbocycles. The molecule has 0 fully saturated rings. The molecule has 0 aliphatic rings. The van der Waals surface area contributed by atoms with Crippen molar-refractivity contribution in [2.45, 2.75) is 65.8 Å². The summed E-state index contributed by atoms with van der Waals surface area (Å²) in [5.41, 5.74) is 2.31. The fourth-order valence-corrected chi connectivity index (χ4v) is 2.32. The maximum absolute atomic E-state index is 5.79. The number of oxazole rings is 1. The maximum atomic E-state index is 5.79. The van der Waals surface area contributed by atoms with Gasteiger partial charge >= 0.3 is 0 Å². The van der Waals surface area contributed by atoms with E-state index >= 15 is 0 Å². The number of benzene rings is 1. The number of guanidine groups is 1. The second-order valence-electron chi connectivity index (χ2n) is 7.82. The van der Waals surface area contributed by atoms with Crippen molar-refractivity contribution in [3.8, 4) is 0 Å². The minimum absolute atomic E-state index is 0.0441. The van der Waals surface area contributed by atoms with Crippen LogP contribution in [0.5, 0.6) is 0 Å². The highest BCUT2D eigenvalue weighted by molar-refractivity contribution is 5.79. The summed E-state index contributed by atoms with van der Waals surface area (Å²) in [7, 11) is 1.75. The molecule has 0 bridgehead atoms. The fourth-order valence-electron chi connectivity index (χ4n) is 2.32. The van der Waals surface area contributed by atoms with Crippen molar-refractivity contribution in [2.24, 2.45) is 4.99 Å². The topological polar surface area (TPSA) is 71.7 Å². The van der Waals surface area contributed by atoms with Crippen LogP contribution >= 0.6 is 0 Å². The molecule has 0 unspecified atom stereocenters. The largest absolute Gasteiger partial charge is 0.443 e. The Balaban J connectivity index is 1.81. The predicted octanol–water partition coefficient (Wildman–Crippen LogP) is 3.76. The third-order valence-electron chi connectivity index (χ3n) is 3.99. The molecule has 27 heavy (non-hydrogen) atoms. The Hall–Kier alpha value is -2.34. The molecule has 0 spiro atoms. The van der Waals surface area contributed by atoms with Crippen LogP contribution in [0, 0.1) is 0 Å². The van der Waals surface area contributed by atoms with Crippen LogP contribution in [0.3, 0.4) is 0 Å². The van der Waals surface area contributed by atoms with Crippen molar-refractivity contribution < 1.29 is 9.15 Å². The van der Waals surface area contributed by atoms with Gasteiger partial charge in [-0.1, -0.05) is 45.0 Å². The number of hydrogen-bond acceptors (Lipinski definition) is 4. The lowest BCUT2D eigenvalue weighted by Gasteiger charge is -2.13. The number of nitrogens with zero attached hydrogens (tertiary/aromatic N) is 2. The van der Waals surface area contributed by atoms with Crippen molar-refractivity contribution in [1.29, 1.82) is 0 Å². The molecule has 0 saturated carbocycles. The molecule has 1 aromatic heterocycles. The van der Waals surface area contributed by atoms with Gasteiger partial charge < -0.3 is 19.8 Å². The van der Waals surface area contributed by atoms with Crippen molar-refractivity contribution in [1.82, 2.24) is 15.6 Å². The molecule has 148 valence electrons. The first kappa shape index (κ1) is 21.0. The van der Waals surface area contributed by atoms with Crippen LogP contribution in [0.1, 0.15) is 57.4 Å². The van der Waals surface area contributed by atoms with Crippen LogP contribution in [-0.2, 0) is 29.8 Å². The fraction of sp³-hybridized carbons (Fsp3) is 0.524. The first-order valence-corrected chi connectivity index (χ1v) is 9.37. The Morgan fingerprint density at radius 3 is 2.30 bits per heavy atom. The van der Waals surface area contributed by atoms with E-state index in [4.69, 9.17) is 9.15 Å². The molecule has 0 aliphatic carbocycles. The Morgan fingerprint density at radius 2 is 1.74 bits per heavy atom. The van der Waals surface area contributed by atoms with Crippen LogP contribution in [0.4, 0.5) is 0 Å². The van der Waals surface area contributed by atoms with Gasteiger partial charge in [-0.15, -0.1) is 0 Å². The Labute approximate surface area is 162 Å². The highest BCUT2D eigenvalue weighted by Crippen LogP contribution is 2.22. The molecule has 2 aromatic rings. The van der Waals surface area contributed by atoms with E-state index in [2.05, 4.69) is 65.6 Å². The minimum Gasteiger partial charge on any atom is -0.443 e. The van der Waals surface area contributed by atoms with Gasteiger partial charge in [-0.2, -0.15) is 0 Å². The number of rotatable bonds is 7. The zero-order valence-electron chi connectivity index (χ0n) is 17.3. The lowest BCUT2D eigenvalue weighted by molar-refractivity contribution is 0.0657. The smallest absolute Gasteiger partial charge is 0.213 e. The van der Waals surface area contributed by atoms with Crippen molar-refractivity contribution in [3.63, 3.8) is 0 Å². The molecular weight excluding hydrogens is 340 g/mol. The standard InChI is InChI=1S/C21H32N4O2/c1-15(2)26-14-17-9-7-16(8-10-17)11-24-20(22-6)25-13-19-23-12-18(27-19)21(3,4)5/h7-10,12,15H,11,13-14H2,1-6H3,(H2,22,24,25). The van der Waals surface area contributed by atoms with Gasteiger partial charge in [-0.3, -0.25) is 4.99 Å². The average Bonchev–Trinajstić information content (AvgIpc) is 3.10. The molecular formula is C21H32N4O2. The molecule has 0 amide bonds. The third-order valence-corrected chi connectivity index (χ3v) is 3.99. The zero-order valence-corrected chi connectivity index (χ0v) is 17.3. The van der Waals surface area contributed by atoms with E-state index in [0.29, 0.717) is 31.5 Å². The van der Waals surface area contributed by atoms with E-state index in [1.165, 1.54) is 11.1 Å². The Morgan fingerprint density at radius 1 is 1.11 bits per heavy atom. The van der Waals surface area contributed by atoms with E-state index in [9.17, 15) is 0 Å². The SMILES string of the molecule is CN=C(NCc1ccc(COC(C)C)cc1)NCc1ncc(C(C)(C)C)o1. The van der Waals surface area contributed by atoms with E-state index < -0.39 is 0 Å². The number of hydrogen-bond donors (Lipinski definition) is 2. The molecule has 0 saturated heterocycles. The van der Waals surface area contributed by atoms with Crippen LogP contribution in [0.2, 0.25) is 0 Å². The second kappa shape index (κ2) is 9.55. The molecule has 2 N–H and O–H groups in total. The van der Waals surface area contributed by atoms with Crippen LogP contribution < -0.4 is 10.6 Å². The van der Waals surface area contributed by atoms with Gasteiger partial charge in [-0.25, -0.2) is 4.98 Å². The minimum atomic E-state index is -0.0441. The first-order chi connectivity index (χ1) is 12.8. The molecule has 0 aliphatic heterocycles. The molecule has 0 atom stereocenters. The van der Waals surface area contributed by atoms with Gasteiger partial charge in [0.05, 0.1) is 25.5 Å². The van der Waals surface area contributed by atoms with Crippen molar-refractivity contribution >= 4 is 5.96 Å². The molecule has 2 rings (SSSR count). The Kier molecular flexibility index (Phi) is 7.42. The van der Waals surface area contributed by atoms with Crippen molar-refractivity contribution in [2.75, 3.05) is 7.05 Å². The lowest BCUT2D eigenvalue weighted by atomic mass is 9.94. The monoisotopic (exact) mass is 372 g/mol. The number of aromatic nitrogens is 1. The van der Waals surface area contributed by atoms with E-state index in [1.54, 1.807) is 13.2 Å². The predicted molar refractivity (Wildman–Crippen MR) is 109 cm³/mol. The summed E-state index contributed by atoms with van der Waals surface area (Å²) >= 11 is 0. The highest BCUT2D eigenvalue weighted by atomic mass is 16.5. The highest BCUT2D eigenvalue weighted by Gasteiger charge is 2.19. The van der Waals surface area contributed by atoms with E-state index in [-0.39, 0.29) is 11.5 Å². The number of nitrogens with one attached hydrogen (secondary N) is 2. The summed E-state index contributed by atoms with van der Waals surface area (Å²) in [4.78, 5) is 8.57. The van der Waals surface area contributed by atoms with Crippen LogP contribution in [0.15, 0.2) is 39.9 Å². The molecule has 0 radical (unpaired) electrons. The second-order valence-corrected chi connectivity index (χ2v) is 7.82. The first-order valence-electron chi connectivity index (χ1n) is 9.37. The van der Waals surface area contributed by atoms with Gasteiger partial charge in [0.25, 0.3) is 0 Å².